The van der Waals surface area contributed by atoms with Crippen molar-refractivity contribution in [2.24, 2.45) is 10.7 Å². The zero-order valence-corrected chi connectivity index (χ0v) is 11.2. The van der Waals surface area contributed by atoms with E-state index in [1.54, 1.807) is 6.21 Å². The van der Waals surface area contributed by atoms with Gasteiger partial charge in [-0.1, -0.05) is 12.1 Å². The minimum absolute atomic E-state index is 0.320. The highest BCUT2D eigenvalue weighted by molar-refractivity contribution is 5.78. The van der Waals surface area contributed by atoms with Gasteiger partial charge in [-0.25, -0.2) is 0 Å². The maximum atomic E-state index is 8.55. The summed E-state index contributed by atoms with van der Waals surface area (Å²) in [6, 6.07) is 9.67. The van der Waals surface area contributed by atoms with Gasteiger partial charge in [0.15, 0.2) is 5.75 Å². The van der Waals surface area contributed by atoms with Crippen LogP contribution in [0.15, 0.2) is 40.8 Å². The van der Waals surface area contributed by atoms with Gasteiger partial charge in [0.1, 0.15) is 12.4 Å². The lowest BCUT2D eigenvalue weighted by atomic mass is 10.1. The molecule has 0 saturated carbocycles. The molecular formula is C14H16N4O2. The molecule has 2 N–H and O–H groups in total. The van der Waals surface area contributed by atoms with Crippen LogP contribution < -0.4 is 10.6 Å². The molecule has 6 nitrogen and oxygen atoms in total. The average Bonchev–Trinajstić information content (AvgIpc) is 2.47. The summed E-state index contributed by atoms with van der Waals surface area (Å²) in [6.07, 6.45) is 2.79. The molecule has 1 aliphatic rings. The summed E-state index contributed by atoms with van der Waals surface area (Å²) in [5.41, 5.74) is 7.28. The SMILES string of the molecule is COC1=C(N)C=NCN1Oc1ccc(CCC#N)cc1. The Kier molecular flexibility index (Phi) is 4.45. The summed E-state index contributed by atoms with van der Waals surface area (Å²) in [4.78, 5) is 9.75. The summed E-state index contributed by atoms with van der Waals surface area (Å²) >= 11 is 0. The third-order valence-corrected chi connectivity index (χ3v) is 2.77. The van der Waals surface area contributed by atoms with Gasteiger partial charge in [0.05, 0.1) is 19.4 Å². The monoisotopic (exact) mass is 272 g/mol. The molecule has 0 spiro atoms. The lowest BCUT2D eigenvalue weighted by molar-refractivity contribution is -0.0720. The van der Waals surface area contributed by atoms with Crippen LogP contribution in [-0.4, -0.2) is 25.1 Å². The molecule has 0 unspecified atom stereocenters. The smallest absolute Gasteiger partial charge is 0.250 e. The summed E-state index contributed by atoms with van der Waals surface area (Å²) in [7, 11) is 1.53. The molecule has 104 valence electrons. The number of hydrogen-bond acceptors (Lipinski definition) is 6. The predicted molar refractivity (Wildman–Crippen MR) is 74.4 cm³/mol. The van der Waals surface area contributed by atoms with Crippen LogP contribution in [0, 0.1) is 11.3 Å². The number of benzene rings is 1. The number of aryl methyl sites for hydroxylation is 1. The third kappa shape index (κ3) is 3.20. The van der Waals surface area contributed by atoms with Gasteiger partial charge in [0.2, 0.25) is 5.88 Å². The molecule has 0 radical (unpaired) electrons. The second-order valence-electron chi connectivity index (χ2n) is 4.19. The Morgan fingerprint density at radius 3 is 2.80 bits per heavy atom. The molecule has 0 bridgehead atoms. The molecule has 0 aliphatic carbocycles. The number of aliphatic imine (C=N–C) groups is 1. The van der Waals surface area contributed by atoms with Gasteiger partial charge in [-0.05, 0) is 24.1 Å². The Morgan fingerprint density at radius 2 is 2.15 bits per heavy atom. The molecule has 2 rings (SSSR count). The summed E-state index contributed by atoms with van der Waals surface area (Å²) < 4.78 is 5.19. The van der Waals surface area contributed by atoms with Crippen LogP contribution >= 0.6 is 0 Å². The number of nitriles is 1. The van der Waals surface area contributed by atoms with Crippen LogP contribution in [0.2, 0.25) is 0 Å². The fraction of sp³-hybridized carbons (Fsp3) is 0.286. The van der Waals surface area contributed by atoms with Crippen molar-refractivity contribution in [3.05, 3.63) is 41.4 Å². The van der Waals surface area contributed by atoms with Crippen molar-refractivity contribution in [1.29, 1.82) is 5.26 Å². The molecule has 1 heterocycles. The van der Waals surface area contributed by atoms with Gasteiger partial charge < -0.3 is 15.3 Å². The van der Waals surface area contributed by atoms with E-state index < -0.39 is 0 Å². The third-order valence-electron chi connectivity index (χ3n) is 2.77. The van der Waals surface area contributed by atoms with Gasteiger partial charge >= 0.3 is 0 Å². The molecule has 0 saturated heterocycles. The molecule has 1 aliphatic heterocycles. The quantitative estimate of drug-likeness (QED) is 0.879. The maximum absolute atomic E-state index is 8.55. The highest BCUT2D eigenvalue weighted by Crippen LogP contribution is 2.19. The first-order valence-electron chi connectivity index (χ1n) is 6.19. The standard InChI is InChI=1S/C14H16N4O2/c1-19-14-13(16)9-17-10-18(14)20-12-6-4-11(5-7-12)3-2-8-15/h4-7,9H,2-3,10,16H2,1H3. The van der Waals surface area contributed by atoms with E-state index in [0.29, 0.717) is 30.4 Å². The highest BCUT2D eigenvalue weighted by atomic mass is 16.7. The molecular weight excluding hydrogens is 256 g/mol. The van der Waals surface area contributed by atoms with Crippen molar-refractivity contribution >= 4 is 6.21 Å². The lowest BCUT2D eigenvalue weighted by Gasteiger charge is -2.26. The topological polar surface area (TPSA) is 83.9 Å². The van der Waals surface area contributed by atoms with Crippen molar-refractivity contribution in [3.8, 4) is 11.8 Å². The van der Waals surface area contributed by atoms with Crippen molar-refractivity contribution in [3.63, 3.8) is 0 Å². The number of rotatable bonds is 5. The maximum Gasteiger partial charge on any atom is 0.250 e. The normalized spacial score (nSPS) is 14.1. The van der Waals surface area contributed by atoms with Crippen LogP contribution in [-0.2, 0) is 11.2 Å². The van der Waals surface area contributed by atoms with Gasteiger partial charge in [-0.15, -0.1) is 0 Å². The van der Waals surface area contributed by atoms with Crippen molar-refractivity contribution in [2.45, 2.75) is 12.8 Å². The van der Waals surface area contributed by atoms with E-state index in [1.165, 1.54) is 12.2 Å². The second-order valence-corrected chi connectivity index (χ2v) is 4.19. The van der Waals surface area contributed by atoms with Crippen LogP contribution in [0.4, 0.5) is 0 Å². The first-order valence-corrected chi connectivity index (χ1v) is 6.19. The van der Waals surface area contributed by atoms with Crippen LogP contribution in [0.25, 0.3) is 0 Å². The number of hydroxylamine groups is 2. The van der Waals surface area contributed by atoms with E-state index >= 15 is 0 Å². The Bertz CT molecular complexity index is 558. The minimum atomic E-state index is 0.320. The molecule has 0 fully saturated rings. The molecule has 0 aromatic heterocycles. The summed E-state index contributed by atoms with van der Waals surface area (Å²) in [6.45, 7) is 0.320. The Hall–Kier alpha value is -2.68. The first-order chi connectivity index (χ1) is 9.74. The highest BCUT2D eigenvalue weighted by Gasteiger charge is 2.18. The van der Waals surface area contributed by atoms with E-state index in [-0.39, 0.29) is 0 Å². The van der Waals surface area contributed by atoms with Crippen LogP contribution in [0.3, 0.4) is 0 Å². The minimum Gasteiger partial charge on any atom is -0.479 e. The van der Waals surface area contributed by atoms with Crippen molar-refractivity contribution < 1.29 is 9.57 Å². The van der Waals surface area contributed by atoms with Gasteiger partial charge in [0.25, 0.3) is 0 Å². The molecule has 20 heavy (non-hydrogen) atoms. The Morgan fingerprint density at radius 1 is 1.40 bits per heavy atom. The van der Waals surface area contributed by atoms with Crippen molar-refractivity contribution in [1.82, 2.24) is 5.06 Å². The van der Waals surface area contributed by atoms with Gasteiger partial charge in [-0.3, -0.25) is 4.99 Å². The summed E-state index contributed by atoms with van der Waals surface area (Å²) in [5, 5.41) is 10.0. The number of nitrogens with zero attached hydrogens (tertiary/aromatic N) is 3. The predicted octanol–water partition coefficient (Wildman–Crippen LogP) is 1.55. The molecule has 1 aromatic carbocycles. The second kappa shape index (κ2) is 6.48. The fourth-order valence-electron chi connectivity index (χ4n) is 1.81. The fourth-order valence-corrected chi connectivity index (χ4v) is 1.81. The van der Waals surface area contributed by atoms with Gasteiger partial charge in [0, 0.05) is 6.42 Å². The molecule has 1 aromatic rings. The van der Waals surface area contributed by atoms with Crippen LogP contribution in [0.1, 0.15) is 12.0 Å². The Balaban J connectivity index is 2.03. The molecule has 0 amide bonds. The largest absolute Gasteiger partial charge is 0.479 e. The number of hydrogen-bond donors (Lipinski definition) is 1. The lowest BCUT2D eigenvalue weighted by Crippen LogP contribution is -2.33. The van der Waals surface area contributed by atoms with E-state index in [4.69, 9.17) is 20.6 Å². The number of ether oxygens (including phenoxy) is 1. The molecule has 6 heteroatoms. The van der Waals surface area contributed by atoms with Crippen LogP contribution in [0.5, 0.6) is 5.75 Å². The number of nitrogens with two attached hydrogens (primary N) is 1. The van der Waals surface area contributed by atoms with E-state index in [1.807, 2.05) is 24.3 Å². The zero-order valence-electron chi connectivity index (χ0n) is 11.2. The van der Waals surface area contributed by atoms with E-state index in [9.17, 15) is 0 Å². The van der Waals surface area contributed by atoms with Gasteiger partial charge in [-0.2, -0.15) is 10.3 Å². The molecule has 0 atom stereocenters. The van der Waals surface area contributed by atoms with Crippen molar-refractivity contribution in [2.75, 3.05) is 13.8 Å². The Labute approximate surface area is 117 Å². The first kappa shape index (κ1) is 13.7. The average molecular weight is 272 g/mol. The summed E-state index contributed by atoms with van der Waals surface area (Å²) in [5.74, 6) is 1.10. The van der Waals surface area contributed by atoms with E-state index in [0.717, 1.165) is 12.0 Å². The number of allylic oxidation sites excluding steroid dienone is 1. The number of methoxy groups -OCH3 is 1. The van der Waals surface area contributed by atoms with E-state index in [2.05, 4.69) is 11.1 Å². The zero-order chi connectivity index (χ0) is 14.4.